The second-order valence-electron chi connectivity index (χ2n) is 8.98. The van der Waals surface area contributed by atoms with E-state index >= 15 is 0 Å². The highest BCUT2D eigenvalue weighted by Crippen LogP contribution is 2.13. The van der Waals surface area contributed by atoms with Gasteiger partial charge in [-0.05, 0) is 41.8 Å². The third-order valence-electron chi connectivity index (χ3n) is 5.82. The van der Waals surface area contributed by atoms with Crippen molar-refractivity contribution in [3.8, 4) is 11.5 Å². The van der Waals surface area contributed by atoms with E-state index < -0.39 is 53.8 Å². The number of carbonyl (C=O) groups excluding carboxylic acids is 3. The number of rotatable bonds is 15. The van der Waals surface area contributed by atoms with Crippen LogP contribution in [0.25, 0.3) is 0 Å². The van der Waals surface area contributed by atoms with Crippen LogP contribution in [0.1, 0.15) is 24.0 Å². The number of hydrogen-bond donors (Lipinski definition) is 9. The van der Waals surface area contributed by atoms with Gasteiger partial charge in [0.2, 0.25) is 17.7 Å². The van der Waals surface area contributed by atoms with E-state index in [1.807, 2.05) is 0 Å². The number of carboxylic acid groups (broad SMARTS) is 2. The maximum absolute atomic E-state index is 13.2. The van der Waals surface area contributed by atoms with Gasteiger partial charge >= 0.3 is 11.9 Å². The molecule has 216 valence electrons. The Morgan fingerprint density at radius 2 is 1.12 bits per heavy atom. The Morgan fingerprint density at radius 1 is 0.700 bits per heavy atom. The number of aliphatic carboxylic acids is 2. The molecule has 13 nitrogen and oxygen atoms in total. The number of thiol groups is 1. The predicted octanol–water partition coefficient (Wildman–Crippen LogP) is -0.456. The zero-order chi connectivity index (χ0) is 29.8. The fourth-order valence-corrected chi connectivity index (χ4v) is 3.83. The molecule has 0 aromatic heterocycles. The van der Waals surface area contributed by atoms with E-state index in [1.165, 1.54) is 48.5 Å². The number of carboxylic acids is 2. The average molecular weight is 577 g/mol. The molecule has 0 aliphatic heterocycles. The van der Waals surface area contributed by atoms with E-state index in [0.717, 1.165) is 0 Å². The summed E-state index contributed by atoms with van der Waals surface area (Å²) in [6.45, 7) is 0. The monoisotopic (exact) mass is 576 g/mol. The highest BCUT2D eigenvalue weighted by Gasteiger charge is 2.30. The van der Waals surface area contributed by atoms with Crippen molar-refractivity contribution in [1.29, 1.82) is 0 Å². The van der Waals surface area contributed by atoms with Crippen LogP contribution in [-0.2, 0) is 36.8 Å². The lowest BCUT2D eigenvalue weighted by Gasteiger charge is -2.24. The third kappa shape index (κ3) is 10.5. The van der Waals surface area contributed by atoms with Gasteiger partial charge in [0.05, 0.1) is 6.04 Å². The van der Waals surface area contributed by atoms with Gasteiger partial charge in [0.1, 0.15) is 29.6 Å². The summed E-state index contributed by atoms with van der Waals surface area (Å²) in [5, 5.41) is 44.7. The van der Waals surface area contributed by atoms with Gasteiger partial charge in [0, 0.05) is 25.0 Å². The van der Waals surface area contributed by atoms with Crippen LogP contribution in [0.15, 0.2) is 48.5 Å². The first kappa shape index (κ1) is 31.9. The van der Waals surface area contributed by atoms with Crippen LogP contribution in [0.4, 0.5) is 0 Å². The smallest absolute Gasteiger partial charge is 0.326 e. The number of hydrogen-bond acceptors (Lipinski definition) is 9. The van der Waals surface area contributed by atoms with Crippen molar-refractivity contribution in [2.75, 3.05) is 5.75 Å². The Balaban J connectivity index is 2.15. The molecule has 0 heterocycles. The molecule has 0 radical (unpaired) electrons. The molecule has 14 heteroatoms. The Labute approximate surface area is 235 Å². The number of phenolic OH excluding ortho intramolecular Hbond substituents is 2. The number of amides is 3. The number of phenols is 2. The van der Waals surface area contributed by atoms with E-state index in [4.69, 9.17) is 10.8 Å². The molecule has 4 atom stereocenters. The standard InChI is InChI=1S/C26H32N4O9S/c27-18(9-10-22(33)34)23(35)28-19(11-14-1-5-16(31)6-2-14)24(36)30-21(13-40)25(37)29-20(26(38)39)12-15-3-7-17(32)8-4-15/h1-8,18-21,31-32,40H,9-13,27H2,(H,28,35)(H,29,37)(H,30,36)(H,33,34)(H,38,39). The van der Waals surface area contributed by atoms with E-state index in [9.17, 15) is 39.3 Å². The molecular formula is C26H32N4O9S. The summed E-state index contributed by atoms with van der Waals surface area (Å²) in [6, 6.07) is 6.48. The largest absolute Gasteiger partial charge is 0.508 e. The van der Waals surface area contributed by atoms with Crippen LogP contribution in [0, 0.1) is 0 Å². The molecule has 0 bridgehead atoms. The highest BCUT2D eigenvalue weighted by atomic mass is 32.1. The molecule has 0 aliphatic rings. The van der Waals surface area contributed by atoms with Gasteiger partial charge < -0.3 is 42.1 Å². The van der Waals surface area contributed by atoms with Gasteiger partial charge in [0.25, 0.3) is 0 Å². The number of nitrogens with one attached hydrogen (secondary N) is 3. The van der Waals surface area contributed by atoms with Crippen molar-refractivity contribution < 1.29 is 44.4 Å². The van der Waals surface area contributed by atoms with Crippen molar-refractivity contribution in [2.24, 2.45) is 5.73 Å². The average Bonchev–Trinajstić information content (AvgIpc) is 2.91. The van der Waals surface area contributed by atoms with Crippen LogP contribution in [-0.4, -0.2) is 80.0 Å². The first-order chi connectivity index (χ1) is 18.9. The van der Waals surface area contributed by atoms with Crippen molar-refractivity contribution >= 4 is 42.3 Å². The molecule has 0 saturated carbocycles. The molecule has 4 unspecified atom stereocenters. The number of benzene rings is 2. The van der Waals surface area contributed by atoms with Crippen LogP contribution >= 0.6 is 12.6 Å². The van der Waals surface area contributed by atoms with Crippen molar-refractivity contribution in [1.82, 2.24) is 16.0 Å². The van der Waals surface area contributed by atoms with Crippen LogP contribution < -0.4 is 21.7 Å². The summed E-state index contributed by atoms with van der Waals surface area (Å²) in [4.78, 5) is 61.3. The lowest BCUT2D eigenvalue weighted by Crippen LogP contribution is -2.58. The van der Waals surface area contributed by atoms with Gasteiger partial charge in [-0.25, -0.2) is 4.79 Å². The van der Waals surface area contributed by atoms with Gasteiger partial charge in [-0.15, -0.1) is 0 Å². The maximum atomic E-state index is 13.2. The van der Waals surface area contributed by atoms with Crippen molar-refractivity contribution in [2.45, 2.75) is 49.9 Å². The molecular weight excluding hydrogens is 544 g/mol. The quantitative estimate of drug-likeness (QED) is 0.124. The molecule has 2 rings (SSSR count). The van der Waals surface area contributed by atoms with Crippen LogP contribution in [0.3, 0.4) is 0 Å². The molecule has 0 saturated heterocycles. The van der Waals surface area contributed by atoms with Crippen molar-refractivity contribution in [3.05, 3.63) is 59.7 Å². The Bertz CT molecular complexity index is 1190. The lowest BCUT2D eigenvalue weighted by atomic mass is 10.0. The Hall–Kier alpha value is -4.30. The lowest BCUT2D eigenvalue weighted by molar-refractivity contribution is -0.142. The maximum Gasteiger partial charge on any atom is 0.326 e. The number of nitrogens with two attached hydrogens (primary N) is 1. The van der Waals surface area contributed by atoms with E-state index in [0.29, 0.717) is 11.1 Å². The van der Waals surface area contributed by atoms with E-state index in [2.05, 4.69) is 28.6 Å². The molecule has 0 spiro atoms. The summed E-state index contributed by atoms with van der Waals surface area (Å²) < 4.78 is 0. The van der Waals surface area contributed by atoms with Gasteiger partial charge in [-0.1, -0.05) is 24.3 Å². The molecule has 0 fully saturated rings. The van der Waals surface area contributed by atoms with Crippen molar-refractivity contribution in [3.63, 3.8) is 0 Å². The number of carbonyl (C=O) groups is 5. The topological polar surface area (TPSA) is 228 Å². The second-order valence-corrected chi connectivity index (χ2v) is 9.35. The second kappa shape index (κ2) is 15.3. The Kier molecular flexibility index (Phi) is 12.2. The Morgan fingerprint density at radius 3 is 1.57 bits per heavy atom. The first-order valence-corrected chi connectivity index (χ1v) is 12.8. The summed E-state index contributed by atoms with van der Waals surface area (Å²) in [7, 11) is 0. The minimum atomic E-state index is -1.35. The van der Waals surface area contributed by atoms with Gasteiger partial charge in [0.15, 0.2) is 0 Å². The minimum absolute atomic E-state index is 0.00528. The van der Waals surface area contributed by atoms with Gasteiger partial charge in [-0.2, -0.15) is 12.6 Å². The highest BCUT2D eigenvalue weighted by molar-refractivity contribution is 7.80. The zero-order valence-corrected chi connectivity index (χ0v) is 22.2. The molecule has 3 amide bonds. The van der Waals surface area contributed by atoms with E-state index in [-0.39, 0.29) is 42.9 Å². The number of aromatic hydroxyl groups is 2. The van der Waals surface area contributed by atoms with Crippen LogP contribution in [0.5, 0.6) is 11.5 Å². The summed E-state index contributed by atoms with van der Waals surface area (Å²) in [5.41, 5.74) is 6.85. The minimum Gasteiger partial charge on any atom is -0.508 e. The normalized spacial score (nSPS) is 13.8. The predicted molar refractivity (Wildman–Crippen MR) is 146 cm³/mol. The summed E-state index contributed by atoms with van der Waals surface area (Å²) in [5.74, 6) is -5.11. The van der Waals surface area contributed by atoms with Gasteiger partial charge in [-0.3, -0.25) is 19.2 Å². The van der Waals surface area contributed by atoms with Crippen LogP contribution in [0.2, 0.25) is 0 Å². The molecule has 0 aliphatic carbocycles. The molecule has 2 aromatic rings. The van der Waals surface area contributed by atoms with E-state index in [1.54, 1.807) is 0 Å². The zero-order valence-electron chi connectivity index (χ0n) is 21.3. The molecule has 9 N–H and O–H groups in total. The summed E-state index contributed by atoms with van der Waals surface area (Å²) in [6.07, 6.45) is -0.695. The fourth-order valence-electron chi connectivity index (χ4n) is 3.57. The first-order valence-electron chi connectivity index (χ1n) is 12.2. The molecule has 40 heavy (non-hydrogen) atoms. The fraction of sp³-hybridized carbons (Fsp3) is 0.346. The molecule has 2 aromatic carbocycles. The third-order valence-corrected chi connectivity index (χ3v) is 6.19. The SMILES string of the molecule is NC(CCC(=O)O)C(=O)NC(Cc1ccc(O)cc1)C(=O)NC(CS)C(=O)NC(Cc1ccc(O)cc1)C(=O)O. The summed E-state index contributed by atoms with van der Waals surface area (Å²) >= 11 is 4.10.